The van der Waals surface area contributed by atoms with Gasteiger partial charge in [0.2, 0.25) is 0 Å². The molecular weight excluding hydrogens is 268 g/mol. The van der Waals surface area contributed by atoms with E-state index < -0.39 is 16.2 Å². The molecule has 1 aromatic carbocycles. The maximum atomic E-state index is 11.6. The summed E-state index contributed by atoms with van der Waals surface area (Å²) in [4.78, 5) is 11.4. The molecule has 0 aliphatic carbocycles. The molecule has 0 spiro atoms. The molecule has 0 saturated heterocycles. The van der Waals surface area contributed by atoms with Crippen molar-refractivity contribution in [3.05, 3.63) is 29.8 Å². The van der Waals surface area contributed by atoms with Crippen LogP contribution in [-0.4, -0.2) is 27.5 Å². The number of benzene rings is 1. The zero-order chi connectivity index (χ0) is 14.3. The third-order valence-electron chi connectivity index (χ3n) is 2.19. The second-order valence-corrected chi connectivity index (χ2v) is 5.30. The molecule has 1 aromatic rings. The lowest BCUT2D eigenvalue weighted by atomic mass is 10.2. The van der Waals surface area contributed by atoms with Gasteiger partial charge < -0.3 is 4.74 Å². The molecule has 2 N–H and O–H groups in total. The second-order valence-electron chi connectivity index (χ2n) is 3.80. The predicted octanol–water partition coefficient (Wildman–Crippen LogP) is 1.52. The van der Waals surface area contributed by atoms with Crippen LogP contribution in [0.4, 0.5) is 5.69 Å². The highest BCUT2D eigenvalue weighted by atomic mass is 32.2. The Hall–Kier alpha value is -1.60. The quantitative estimate of drug-likeness (QED) is 0.744. The van der Waals surface area contributed by atoms with Crippen molar-refractivity contribution >= 4 is 21.9 Å². The van der Waals surface area contributed by atoms with Gasteiger partial charge in [0, 0.05) is 12.2 Å². The standard InChI is InChI=1S/C12H18N2O4S/c1-3-9-13-19(16,17)14-11-7-5-10(6-8-11)12(15)18-4-2/h5-8,13-14H,3-4,9H2,1-2H3. The molecule has 0 fully saturated rings. The molecule has 0 saturated carbocycles. The lowest BCUT2D eigenvalue weighted by Crippen LogP contribution is -2.30. The topological polar surface area (TPSA) is 84.5 Å². The highest BCUT2D eigenvalue weighted by Crippen LogP contribution is 2.11. The van der Waals surface area contributed by atoms with Gasteiger partial charge in [-0.2, -0.15) is 13.1 Å². The number of anilines is 1. The number of carbonyl (C=O) groups is 1. The van der Waals surface area contributed by atoms with E-state index >= 15 is 0 Å². The summed E-state index contributed by atoms with van der Waals surface area (Å²) in [6, 6.07) is 6.04. The van der Waals surface area contributed by atoms with Crippen LogP contribution in [0, 0.1) is 0 Å². The van der Waals surface area contributed by atoms with Crippen LogP contribution >= 0.6 is 0 Å². The Morgan fingerprint density at radius 3 is 2.37 bits per heavy atom. The molecule has 1 rings (SSSR count). The van der Waals surface area contributed by atoms with Gasteiger partial charge in [0.15, 0.2) is 0 Å². The minimum absolute atomic E-state index is 0.300. The second kappa shape index (κ2) is 7.10. The number of carbonyl (C=O) groups excluding carboxylic acids is 1. The fraction of sp³-hybridized carbons (Fsp3) is 0.417. The van der Waals surface area contributed by atoms with E-state index in [0.717, 1.165) is 0 Å². The SMILES string of the molecule is CCCNS(=O)(=O)Nc1ccc(C(=O)OCC)cc1. The van der Waals surface area contributed by atoms with E-state index in [-0.39, 0.29) is 0 Å². The zero-order valence-corrected chi connectivity index (χ0v) is 11.8. The van der Waals surface area contributed by atoms with Gasteiger partial charge in [0.25, 0.3) is 10.2 Å². The third-order valence-corrected chi connectivity index (χ3v) is 3.28. The van der Waals surface area contributed by atoms with E-state index in [1.807, 2.05) is 6.92 Å². The fourth-order valence-electron chi connectivity index (χ4n) is 1.32. The highest BCUT2D eigenvalue weighted by molar-refractivity contribution is 7.90. The summed E-state index contributed by atoms with van der Waals surface area (Å²) in [5.74, 6) is -0.430. The largest absolute Gasteiger partial charge is 0.462 e. The molecule has 0 heterocycles. The summed E-state index contributed by atoms with van der Waals surface area (Å²) < 4.78 is 32.7. The highest BCUT2D eigenvalue weighted by Gasteiger charge is 2.10. The van der Waals surface area contributed by atoms with Crippen molar-refractivity contribution in [2.24, 2.45) is 0 Å². The first-order valence-electron chi connectivity index (χ1n) is 6.03. The number of hydrogen-bond donors (Lipinski definition) is 2. The normalized spacial score (nSPS) is 11.1. The van der Waals surface area contributed by atoms with Gasteiger partial charge in [0.1, 0.15) is 0 Å². The van der Waals surface area contributed by atoms with Gasteiger partial charge in [-0.25, -0.2) is 4.79 Å². The van der Waals surface area contributed by atoms with Crippen LogP contribution in [0.1, 0.15) is 30.6 Å². The number of nitrogens with one attached hydrogen (secondary N) is 2. The van der Waals surface area contributed by atoms with Crippen LogP contribution in [-0.2, 0) is 14.9 Å². The maximum absolute atomic E-state index is 11.6. The van der Waals surface area contributed by atoms with E-state index in [1.165, 1.54) is 24.3 Å². The molecule has 106 valence electrons. The van der Waals surface area contributed by atoms with Crippen molar-refractivity contribution in [3.63, 3.8) is 0 Å². The van der Waals surface area contributed by atoms with Crippen molar-refractivity contribution in [1.82, 2.24) is 4.72 Å². The number of rotatable bonds is 7. The van der Waals surface area contributed by atoms with Crippen molar-refractivity contribution in [2.75, 3.05) is 17.9 Å². The van der Waals surface area contributed by atoms with Gasteiger partial charge in [-0.15, -0.1) is 0 Å². The Bertz CT molecular complexity index is 511. The molecule has 6 nitrogen and oxygen atoms in total. The summed E-state index contributed by atoms with van der Waals surface area (Å²) in [5, 5.41) is 0. The van der Waals surface area contributed by atoms with Gasteiger partial charge in [0.05, 0.1) is 12.2 Å². The summed E-state index contributed by atoms with van der Waals surface area (Å²) >= 11 is 0. The van der Waals surface area contributed by atoms with Gasteiger partial charge in [-0.05, 0) is 37.6 Å². The maximum Gasteiger partial charge on any atom is 0.338 e. The molecule has 0 amide bonds. The lowest BCUT2D eigenvalue weighted by Gasteiger charge is -2.09. The molecule has 0 radical (unpaired) electrons. The third kappa shape index (κ3) is 5.27. The van der Waals surface area contributed by atoms with Gasteiger partial charge >= 0.3 is 5.97 Å². The Morgan fingerprint density at radius 2 is 1.84 bits per heavy atom. The van der Waals surface area contributed by atoms with Crippen LogP contribution in [0.5, 0.6) is 0 Å². The summed E-state index contributed by atoms with van der Waals surface area (Å²) in [6.45, 7) is 4.26. The van der Waals surface area contributed by atoms with Crippen molar-refractivity contribution in [1.29, 1.82) is 0 Å². The van der Waals surface area contributed by atoms with Crippen LogP contribution in [0.3, 0.4) is 0 Å². The molecule has 0 atom stereocenters. The monoisotopic (exact) mass is 286 g/mol. The van der Waals surface area contributed by atoms with Crippen molar-refractivity contribution in [2.45, 2.75) is 20.3 Å². The lowest BCUT2D eigenvalue weighted by molar-refractivity contribution is 0.0526. The van der Waals surface area contributed by atoms with E-state index in [2.05, 4.69) is 9.44 Å². The fourth-order valence-corrected chi connectivity index (χ4v) is 2.31. The van der Waals surface area contributed by atoms with Crippen molar-refractivity contribution in [3.8, 4) is 0 Å². The Labute approximate surface area is 113 Å². The summed E-state index contributed by atoms with van der Waals surface area (Å²) in [5.41, 5.74) is 0.767. The first-order chi connectivity index (χ1) is 8.98. The smallest absolute Gasteiger partial charge is 0.338 e. The first kappa shape index (κ1) is 15.5. The molecule has 7 heteroatoms. The molecule has 0 aromatic heterocycles. The van der Waals surface area contributed by atoms with Crippen LogP contribution in [0.25, 0.3) is 0 Å². The molecule has 0 unspecified atom stereocenters. The van der Waals surface area contributed by atoms with Gasteiger partial charge in [-0.1, -0.05) is 6.92 Å². The van der Waals surface area contributed by atoms with Crippen LogP contribution in [0.15, 0.2) is 24.3 Å². The Balaban J connectivity index is 2.69. The van der Waals surface area contributed by atoms with E-state index in [1.54, 1.807) is 6.92 Å². The van der Waals surface area contributed by atoms with Crippen LogP contribution in [0.2, 0.25) is 0 Å². The Kier molecular flexibility index (Phi) is 5.78. The van der Waals surface area contributed by atoms with Crippen LogP contribution < -0.4 is 9.44 Å². The van der Waals surface area contributed by atoms with Gasteiger partial charge in [-0.3, -0.25) is 4.72 Å². The summed E-state index contributed by atoms with van der Waals surface area (Å²) in [6.07, 6.45) is 0.711. The Morgan fingerprint density at radius 1 is 1.21 bits per heavy atom. The van der Waals surface area contributed by atoms with E-state index in [0.29, 0.717) is 30.8 Å². The van der Waals surface area contributed by atoms with Crippen molar-refractivity contribution < 1.29 is 17.9 Å². The van der Waals surface area contributed by atoms with E-state index in [4.69, 9.17) is 4.74 Å². The molecule has 0 bridgehead atoms. The summed E-state index contributed by atoms with van der Waals surface area (Å²) in [7, 11) is -3.56. The minimum Gasteiger partial charge on any atom is -0.462 e. The molecule has 19 heavy (non-hydrogen) atoms. The number of esters is 1. The zero-order valence-electron chi connectivity index (χ0n) is 11.0. The minimum atomic E-state index is -3.56. The average molecular weight is 286 g/mol. The molecule has 0 aliphatic heterocycles. The van der Waals surface area contributed by atoms with E-state index in [9.17, 15) is 13.2 Å². The average Bonchev–Trinajstić information content (AvgIpc) is 2.37. The first-order valence-corrected chi connectivity index (χ1v) is 7.51. The number of hydrogen-bond acceptors (Lipinski definition) is 4. The molecular formula is C12H18N2O4S. The predicted molar refractivity (Wildman–Crippen MR) is 73.2 cm³/mol. The number of ether oxygens (including phenoxy) is 1. The molecule has 0 aliphatic rings.